The summed E-state index contributed by atoms with van der Waals surface area (Å²) in [5.74, 6) is 0. The number of alkyl carbamates (subject to hydrolysis) is 1. The fourth-order valence-corrected chi connectivity index (χ4v) is 3.35. The van der Waals surface area contributed by atoms with Crippen molar-refractivity contribution in [1.29, 1.82) is 0 Å². The van der Waals surface area contributed by atoms with Crippen molar-refractivity contribution in [3.05, 3.63) is 55.7 Å². The number of carbonyl (C=O) groups is 1. The summed E-state index contributed by atoms with van der Waals surface area (Å²) in [4.78, 5) is 49.5. The lowest BCUT2D eigenvalue weighted by atomic mass is 10.0. The van der Waals surface area contributed by atoms with Gasteiger partial charge in [-0.25, -0.2) is 4.79 Å². The Morgan fingerprint density at radius 2 is 1.48 bits per heavy atom. The lowest BCUT2D eigenvalue weighted by Crippen LogP contribution is -2.34. The van der Waals surface area contributed by atoms with Crippen molar-refractivity contribution in [3.8, 4) is 0 Å². The van der Waals surface area contributed by atoms with Gasteiger partial charge in [0.1, 0.15) is 5.60 Å². The summed E-state index contributed by atoms with van der Waals surface area (Å²) in [5.41, 5.74) is -1.17. The highest BCUT2D eigenvalue weighted by atomic mass is 16.6. The molecule has 0 saturated heterocycles. The molecule has 0 aliphatic carbocycles. The highest BCUT2D eigenvalue weighted by molar-refractivity contribution is 5.96. The van der Waals surface area contributed by atoms with Gasteiger partial charge in [0.15, 0.2) is 10.9 Å². The van der Waals surface area contributed by atoms with Crippen molar-refractivity contribution in [2.24, 2.45) is 9.98 Å². The van der Waals surface area contributed by atoms with Gasteiger partial charge in [0.25, 0.3) is 0 Å². The Labute approximate surface area is 190 Å². The number of H-pyrrole nitrogens is 2. The van der Waals surface area contributed by atoms with Crippen molar-refractivity contribution in [2.75, 3.05) is 40.3 Å². The van der Waals surface area contributed by atoms with Crippen molar-refractivity contribution < 1.29 is 9.53 Å². The third-order valence-electron chi connectivity index (χ3n) is 4.80. The first-order valence-electron chi connectivity index (χ1n) is 10.7. The second-order valence-electron chi connectivity index (χ2n) is 8.91. The number of hydrogen-bond donors (Lipinski definition) is 3. The molecular weight excluding hydrogens is 424 g/mol. The number of amides is 1. The second-order valence-corrected chi connectivity index (χ2v) is 8.91. The summed E-state index contributed by atoms with van der Waals surface area (Å²) >= 11 is 0. The smallest absolute Gasteiger partial charge is 0.407 e. The maximum Gasteiger partial charge on any atom is 0.407 e. The normalized spacial score (nSPS) is 13.3. The van der Waals surface area contributed by atoms with Crippen LogP contribution < -0.4 is 26.9 Å². The van der Waals surface area contributed by atoms with E-state index in [1.54, 1.807) is 32.9 Å². The van der Waals surface area contributed by atoms with E-state index in [-0.39, 0.29) is 40.1 Å². The second kappa shape index (κ2) is 9.95. The molecular formula is C23H30N6O4. The van der Waals surface area contributed by atoms with Crippen molar-refractivity contribution in [2.45, 2.75) is 26.4 Å². The zero-order valence-corrected chi connectivity index (χ0v) is 19.6. The Morgan fingerprint density at radius 3 is 1.97 bits per heavy atom. The van der Waals surface area contributed by atoms with E-state index in [1.165, 1.54) is 12.4 Å². The molecule has 176 valence electrons. The molecule has 0 unspecified atom stereocenters. The van der Waals surface area contributed by atoms with Crippen LogP contribution in [0.15, 0.2) is 44.1 Å². The molecule has 33 heavy (non-hydrogen) atoms. The predicted octanol–water partition coefficient (Wildman–Crippen LogP) is 0.695. The van der Waals surface area contributed by atoms with Crippen molar-refractivity contribution in [3.63, 3.8) is 0 Å². The SMILES string of the molecule is CN(C)CCN=c1ccc(=NCCNC(=O)OC(C)(C)C)c2c(=O)c3c[nH][nH]cc3c(=O)c12. The Hall–Kier alpha value is -3.53. The third kappa shape index (κ3) is 5.83. The van der Waals surface area contributed by atoms with Gasteiger partial charge in [-0.1, -0.05) is 0 Å². The lowest BCUT2D eigenvalue weighted by molar-refractivity contribution is 0.0529. The summed E-state index contributed by atoms with van der Waals surface area (Å²) in [5, 5.41) is 10.0. The minimum Gasteiger partial charge on any atom is -0.444 e. The summed E-state index contributed by atoms with van der Waals surface area (Å²) in [7, 11) is 3.88. The van der Waals surface area contributed by atoms with E-state index in [4.69, 9.17) is 4.74 Å². The van der Waals surface area contributed by atoms with Crippen molar-refractivity contribution >= 4 is 27.6 Å². The van der Waals surface area contributed by atoms with Crippen LogP contribution in [0.5, 0.6) is 0 Å². The van der Waals surface area contributed by atoms with Gasteiger partial charge in [0.05, 0.1) is 45.3 Å². The molecule has 0 fully saturated rings. The zero-order valence-electron chi connectivity index (χ0n) is 19.6. The fourth-order valence-electron chi connectivity index (χ4n) is 3.35. The number of fused-ring (bicyclic) bond motifs is 2. The van der Waals surface area contributed by atoms with Crippen LogP contribution >= 0.6 is 0 Å². The first-order chi connectivity index (χ1) is 15.6. The zero-order chi connectivity index (χ0) is 24.2. The summed E-state index contributed by atoms with van der Waals surface area (Å²) in [6, 6.07) is 3.40. The van der Waals surface area contributed by atoms with Gasteiger partial charge in [-0.05, 0) is 47.0 Å². The Morgan fingerprint density at radius 1 is 0.970 bits per heavy atom. The van der Waals surface area contributed by atoms with Crippen LogP contribution in [0.1, 0.15) is 20.8 Å². The number of rotatable bonds is 6. The maximum atomic E-state index is 13.3. The average Bonchev–Trinajstić information content (AvgIpc) is 2.74. The number of aromatic amines is 2. The quantitative estimate of drug-likeness (QED) is 0.373. The Bertz CT molecular complexity index is 1400. The average molecular weight is 455 g/mol. The van der Waals surface area contributed by atoms with Gasteiger partial charge >= 0.3 is 6.09 Å². The minimum absolute atomic E-state index is 0.214. The lowest BCUT2D eigenvalue weighted by Gasteiger charge is -2.19. The number of nitrogens with zero attached hydrogens (tertiary/aromatic N) is 3. The van der Waals surface area contributed by atoms with Crippen LogP contribution in [0.3, 0.4) is 0 Å². The molecule has 1 aromatic heterocycles. The summed E-state index contributed by atoms with van der Waals surface area (Å²) in [6.45, 7) is 6.97. The molecule has 0 radical (unpaired) electrons. The van der Waals surface area contributed by atoms with Gasteiger partial charge in [-0.3, -0.25) is 19.6 Å². The molecule has 3 rings (SSSR count). The number of benzene rings is 2. The van der Waals surface area contributed by atoms with Gasteiger partial charge in [0.2, 0.25) is 0 Å². The molecule has 0 atom stereocenters. The molecule has 1 amide bonds. The van der Waals surface area contributed by atoms with E-state index in [1.807, 2.05) is 19.0 Å². The van der Waals surface area contributed by atoms with Crippen LogP contribution in [0.2, 0.25) is 0 Å². The predicted molar refractivity (Wildman–Crippen MR) is 128 cm³/mol. The first kappa shape index (κ1) is 24.1. The molecule has 2 aromatic carbocycles. The van der Waals surface area contributed by atoms with Gasteiger partial charge in [-0.2, -0.15) is 0 Å². The van der Waals surface area contributed by atoms with E-state index in [0.717, 1.165) is 0 Å². The number of nitrogens with one attached hydrogen (secondary N) is 3. The van der Waals surface area contributed by atoms with E-state index in [2.05, 4.69) is 25.5 Å². The van der Waals surface area contributed by atoms with Gasteiger partial charge in [0, 0.05) is 25.5 Å². The largest absolute Gasteiger partial charge is 0.444 e. The minimum atomic E-state index is -0.596. The Balaban J connectivity index is 2.08. The number of aromatic nitrogens is 2. The van der Waals surface area contributed by atoms with E-state index in [9.17, 15) is 14.4 Å². The fraction of sp³-hybridized carbons (Fsp3) is 0.435. The van der Waals surface area contributed by atoms with E-state index in [0.29, 0.717) is 29.2 Å². The van der Waals surface area contributed by atoms with Gasteiger partial charge in [-0.15, -0.1) is 0 Å². The monoisotopic (exact) mass is 454 g/mol. The Kier molecular flexibility index (Phi) is 7.27. The highest BCUT2D eigenvalue weighted by Crippen LogP contribution is 2.07. The molecule has 0 aliphatic rings. The van der Waals surface area contributed by atoms with Crippen LogP contribution in [-0.2, 0) is 4.74 Å². The van der Waals surface area contributed by atoms with Crippen LogP contribution in [0.4, 0.5) is 4.79 Å². The summed E-state index contributed by atoms with van der Waals surface area (Å²) in [6.07, 6.45) is 2.42. The standard InChI is InChI=1S/C23H30N6O4/c1-23(2,3)33-22(32)26-9-8-24-16-6-7-17(25-10-11-29(4)5)19-18(16)20(30)14-12-27-28-13-15(14)21(19)31/h6-7,12-13,27-28H,8-11H2,1-5H3,(H,26,32). The van der Waals surface area contributed by atoms with Crippen LogP contribution in [-0.4, -0.2) is 67.1 Å². The maximum absolute atomic E-state index is 13.3. The number of carbonyl (C=O) groups excluding carboxylic acids is 1. The molecule has 0 saturated carbocycles. The first-order valence-corrected chi connectivity index (χ1v) is 10.7. The number of ether oxygens (including phenoxy) is 1. The molecule has 0 spiro atoms. The van der Waals surface area contributed by atoms with E-state index < -0.39 is 11.7 Å². The number of likely N-dealkylation sites (N-methyl/N-ethyl adjacent to an activating group) is 1. The summed E-state index contributed by atoms with van der Waals surface area (Å²) < 4.78 is 5.21. The topological polar surface area (TPSA) is 132 Å². The molecule has 3 N–H and O–H groups in total. The van der Waals surface area contributed by atoms with Crippen LogP contribution in [0.25, 0.3) is 21.5 Å². The third-order valence-corrected chi connectivity index (χ3v) is 4.80. The molecule has 3 aromatic rings. The van der Waals surface area contributed by atoms with E-state index >= 15 is 0 Å². The molecule has 10 heteroatoms. The van der Waals surface area contributed by atoms with Crippen LogP contribution in [0, 0.1) is 0 Å². The van der Waals surface area contributed by atoms with Crippen molar-refractivity contribution in [1.82, 2.24) is 20.4 Å². The molecule has 10 nitrogen and oxygen atoms in total. The number of hydrogen-bond acceptors (Lipinski definition) is 7. The van der Waals surface area contributed by atoms with Gasteiger partial charge < -0.3 is 25.2 Å². The molecule has 0 aliphatic heterocycles. The molecule has 1 heterocycles. The molecule has 0 bridgehead atoms. The highest BCUT2D eigenvalue weighted by Gasteiger charge is 2.16.